The molecule has 8 nitrogen and oxygen atoms in total. The lowest BCUT2D eigenvalue weighted by Crippen LogP contribution is -2.27. The fourth-order valence-electron chi connectivity index (χ4n) is 3.19. The maximum Gasteiger partial charge on any atom is 0.373 e. The van der Waals surface area contributed by atoms with Crippen LogP contribution in [0.2, 0.25) is 0 Å². The summed E-state index contributed by atoms with van der Waals surface area (Å²) in [6.45, 7) is 0.169. The van der Waals surface area contributed by atoms with Crippen LogP contribution in [0.3, 0.4) is 0 Å². The molecule has 34 heavy (non-hydrogen) atoms. The quantitative estimate of drug-likeness (QED) is 0.356. The number of methoxy groups -OCH3 is 1. The number of hydrogen-bond donors (Lipinski definition) is 0. The van der Waals surface area contributed by atoms with E-state index in [1.54, 1.807) is 42.5 Å². The highest BCUT2D eigenvalue weighted by molar-refractivity contribution is 8.18. The molecule has 1 aromatic heterocycles. The molecule has 0 N–H and O–H groups in total. The van der Waals surface area contributed by atoms with Gasteiger partial charge in [-0.2, -0.15) is 5.26 Å². The van der Waals surface area contributed by atoms with Gasteiger partial charge in [-0.05, 0) is 53.7 Å². The maximum atomic E-state index is 12.7. The predicted molar refractivity (Wildman–Crippen MR) is 123 cm³/mol. The number of benzene rings is 2. The highest BCUT2D eigenvalue weighted by atomic mass is 32.2. The van der Waals surface area contributed by atoms with E-state index < -0.39 is 17.1 Å². The fraction of sp³-hybridized carbons (Fsp3) is 0.120. The Morgan fingerprint density at radius 1 is 1.12 bits per heavy atom. The molecule has 0 saturated carbocycles. The normalized spacial score (nSPS) is 14.4. The molecule has 170 valence electrons. The highest BCUT2D eigenvalue weighted by Crippen LogP contribution is 2.33. The molecule has 0 radical (unpaired) electrons. The van der Waals surface area contributed by atoms with Gasteiger partial charge in [-0.25, -0.2) is 4.79 Å². The number of carbonyl (C=O) groups excluding carboxylic acids is 3. The lowest BCUT2D eigenvalue weighted by atomic mass is 10.1. The van der Waals surface area contributed by atoms with Gasteiger partial charge in [-0.15, -0.1) is 0 Å². The molecule has 1 saturated heterocycles. The number of nitriles is 1. The molecule has 0 bridgehead atoms. The van der Waals surface area contributed by atoms with E-state index in [-0.39, 0.29) is 23.8 Å². The molecule has 2 amide bonds. The van der Waals surface area contributed by atoms with Crippen molar-refractivity contribution in [1.29, 1.82) is 5.26 Å². The number of nitrogens with zero attached hydrogens (tertiary/aromatic N) is 2. The minimum absolute atomic E-state index is 0.00145. The van der Waals surface area contributed by atoms with Crippen molar-refractivity contribution in [3.05, 3.63) is 93.8 Å². The van der Waals surface area contributed by atoms with Crippen LogP contribution in [0.5, 0.6) is 5.75 Å². The highest BCUT2D eigenvalue weighted by Gasteiger charge is 2.35. The number of imide groups is 1. The second-order valence-electron chi connectivity index (χ2n) is 7.15. The van der Waals surface area contributed by atoms with Gasteiger partial charge in [0.1, 0.15) is 18.1 Å². The average molecular weight is 474 g/mol. The first-order chi connectivity index (χ1) is 16.5. The van der Waals surface area contributed by atoms with E-state index in [0.717, 1.165) is 27.8 Å². The Bertz CT molecular complexity index is 1320. The zero-order valence-corrected chi connectivity index (χ0v) is 18.8. The van der Waals surface area contributed by atoms with E-state index in [0.29, 0.717) is 17.1 Å². The van der Waals surface area contributed by atoms with Gasteiger partial charge in [0.2, 0.25) is 5.76 Å². The van der Waals surface area contributed by atoms with Crippen molar-refractivity contribution in [2.45, 2.75) is 13.2 Å². The number of furan rings is 1. The summed E-state index contributed by atoms with van der Waals surface area (Å²) in [7, 11) is 1.23. The molecular formula is C25H18N2O6S. The van der Waals surface area contributed by atoms with Crippen LogP contribution in [0.25, 0.3) is 6.08 Å². The van der Waals surface area contributed by atoms with Gasteiger partial charge in [0.15, 0.2) is 0 Å². The lowest BCUT2D eigenvalue weighted by Gasteiger charge is -2.10. The van der Waals surface area contributed by atoms with Crippen LogP contribution < -0.4 is 4.74 Å². The van der Waals surface area contributed by atoms with Crippen LogP contribution in [0, 0.1) is 11.3 Å². The summed E-state index contributed by atoms with van der Waals surface area (Å²) in [5.41, 5.74) is 2.07. The topological polar surface area (TPSA) is 110 Å². The van der Waals surface area contributed by atoms with Crippen molar-refractivity contribution in [2.24, 2.45) is 0 Å². The lowest BCUT2D eigenvalue weighted by molar-refractivity contribution is -0.123. The third-order valence-electron chi connectivity index (χ3n) is 4.95. The largest absolute Gasteiger partial charge is 0.489 e. The molecule has 4 rings (SSSR count). The number of rotatable bonds is 7. The van der Waals surface area contributed by atoms with Crippen LogP contribution in [-0.2, 0) is 22.7 Å². The van der Waals surface area contributed by atoms with Crippen LogP contribution in [0.1, 0.15) is 33.0 Å². The third-order valence-corrected chi connectivity index (χ3v) is 5.85. The number of amides is 2. The summed E-state index contributed by atoms with van der Waals surface area (Å²) in [5.74, 6) is -0.180. The number of thioether (sulfide) groups is 1. The molecule has 2 heterocycles. The SMILES string of the molecule is COC(=O)c1ccc(CN2C(=O)S/C(=C/c3ccc(OCc4ccccc4C#N)cc3)C2=O)o1. The standard InChI is InChI=1S/C25H18N2O6S/c1-31-24(29)21-11-10-20(33-21)14-27-23(28)22(34-25(27)30)12-16-6-8-19(9-7-16)32-15-18-5-3-2-4-17(18)13-26/h2-12H,14-15H2,1H3/b22-12+. The second kappa shape index (κ2) is 10.1. The molecule has 1 fully saturated rings. The van der Waals surface area contributed by atoms with E-state index in [2.05, 4.69) is 10.8 Å². The van der Waals surface area contributed by atoms with E-state index in [1.165, 1.54) is 19.2 Å². The third kappa shape index (κ3) is 5.03. The first-order valence-electron chi connectivity index (χ1n) is 10.1. The molecule has 1 aliphatic heterocycles. The first-order valence-corrected chi connectivity index (χ1v) is 10.9. The number of ether oxygens (including phenoxy) is 2. The van der Waals surface area contributed by atoms with Gasteiger partial charge >= 0.3 is 5.97 Å². The van der Waals surface area contributed by atoms with E-state index in [4.69, 9.17) is 14.4 Å². The Hall–Kier alpha value is -4.29. The molecular weight excluding hydrogens is 456 g/mol. The van der Waals surface area contributed by atoms with Crippen molar-refractivity contribution in [3.63, 3.8) is 0 Å². The molecule has 0 aliphatic carbocycles. The van der Waals surface area contributed by atoms with Gasteiger partial charge in [0.25, 0.3) is 11.1 Å². The van der Waals surface area contributed by atoms with Crippen LogP contribution >= 0.6 is 11.8 Å². The minimum Gasteiger partial charge on any atom is -0.489 e. The monoisotopic (exact) mass is 474 g/mol. The number of esters is 1. The molecule has 2 aromatic carbocycles. The van der Waals surface area contributed by atoms with Crippen LogP contribution in [0.15, 0.2) is 70.0 Å². The Balaban J connectivity index is 1.40. The van der Waals surface area contributed by atoms with Gasteiger partial charge in [-0.3, -0.25) is 14.5 Å². The van der Waals surface area contributed by atoms with Crippen molar-refractivity contribution in [1.82, 2.24) is 4.90 Å². The average Bonchev–Trinajstić information content (AvgIpc) is 3.43. The summed E-state index contributed by atoms with van der Waals surface area (Å²) >= 11 is 0.833. The van der Waals surface area contributed by atoms with E-state index in [1.807, 2.05) is 12.1 Å². The van der Waals surface area contributed by atoms with Crippen LogP contribution in [0.4, 0.5) is 4.79 Å². The molecule has 0 spiro atoms. The summed E-state index contributed by atoms with van der Waals surface area (Å²) in [6.07, 6.45) is 1.63. The Morgan fingerprint density at radius 2 is 1.88 bits per heavy atom. The van der Waals surface area contributed by atoms with Gasteiger partial charge < -0.3 is 13.9 Å². The predicted octanol–water partition coefficient (Wildman–Crippen LogP) is 4.75. The maximum absolute atomic E-state index is 12.7. The van der Waals surface area contributed by atoms with Crippen molar-refractivity contribution in [3.8, 4) is 11.8 Å². The van der Waals surface area contributed by atoms with Crippen LogP contribution in [-0.4, -0.2) is 29.1 Å². The summed E-state index contributed by atoms with van der Waals surface area (Å²) in [6, 6.07) is 19.4. The van der Waals surface area contributed by atoms with Crippen molar-refractivity contribution >= 4 is 35.0 Å². The van der Waals surface area contributed by atoms with Gasteiger partial charge in [0.05, 0.1) is 30.2 Å². The molecule has 3 aromatic rings. The first kappa shape index (κ1) is 22.9. The fourth-order valence-corrected chi connectivity index (χ4v) is 4.03. The number of carbonyl (C=O) groups is 3. The number of hydrogen-bond acceptors (Lipinski definition) is 8. The van der Waals surface area contributed by atoms with Gasteiger partial charge in [0, 0.05) is 5.56 Å². The molecule has 0 atom stereocenters. The van der Waals surface area contributed by atoms with E-state index >= 15 is 0 Å². The van der Waals surface area contributed by atoms with Gasteiger partial charge in [-0.1, -0.05) is 30.3 Å². The van der Waals surface area contributed by atoms with E-state index in [9.17, 15) is 14.4 Å². The molecule has 9 heteroatoms. The minimum atomic E-state index is -0.637. The summed E-state index contributed by atoms with van der Waals surface area (Å²) in [4.78, 5) is 38.0. The van der Waals surface area contributed by atoms with Crippen molar-refractivity contribution < 1.29 is 28.3 Å². The second-order valence-corrected chi connectivity index (χ2v) is 8.15. The summed E-state index contributed by atoms with van der Waals surface area (Å²) < 4.78 is 15.7. The summed E-state index contributed by atoms with van der Waals surface area (Å²) in [5, 5.41) is 8.74. The Labute approximate surface area is 199 Å². The zero-order chi connectivity index (χ0) is 24.1. The Morgan fingerprint density at radius 3 is 2.62 bits per heavy atom. The zero-order valence-electron chi connectivity index (χ0n) is 18.0. The smallest absolute Gasteiger partial charge is 0.373 e. The molecule has 1 aliphatic rings. The Kier molecular flexibility index (Phi) is 6.80. The molecule has 0 unspecified atom stereocenters. The van der Waals surface area contributed by atoms with Crippen molar-refractivity contribution in [2.75, 3.05) is 7.11 Å².